The SMILES string of the molecule is Cc1ccc2sc3c(-c4ccc(-c5cc6ccccc6c6ccccc56)cc4)cc(C)cc3c2c1. The van der Waals surface area contributed by atoms with Crippen LogP contribution in [-0.4, -0.2) is 0 Å². The van der Waals surface area contributed by atoms with E-state index in [0.29, 0.717) is 0 Å². The van der Waals surface area contributed by atoms with Gasteiger partial charge in [-0.05, 0) is 93.5 Å². The summed E-state index contributed by atoms with van der Waals surface area (Å²) in [6.07, 6.45) is 0. The molecule has 0 radical (unpaired) electrons. The second-order valence-corrected chi connectivity index (χ2v) is 10.6. The third-order valence-electron chi connectivity index (χ3n) is 7.15. The molecule has 0 spiro atoms. The number of hydrogen-bond acceptors (Lipinski definition) is 1. The van der Waals surface area contributed by atoms with Gasteiger partial charge in [0.2, 0.25) is 0 Å². The van der Waals surface area contributed by atoms with E-state index >= 15 is 0 Å². The molecule has 35 heavy (non-hydrogen) atoms. The van der Waals surface area contributed by atoms with E-state index in [1.807, 2.05) is 11.3 Å². The van der Waals surface area contributed by atoms with Gasteiger partial charge < -0.3 is 0 Å². The van der Waals surface area contributed by atoms with Crippen molar-refractivity contribution in [2.75, 3.05) is 0 Å². The standard InChI is InChI=1S/C34H24S/c1-21-11-16-33-31(17-21)32-19-22(2)18-30(34(32)35-33)24-14-12-23(13-15-24)29-20-25-7-3-4-8-26(25)27-9-5-6-10-28(27)29/h3-20H,1-2H3. The lowest BCUT2D eigenvalue weighted by Gasteiger charge is -2.12. The molecule has 0 N–H and O–H groups in total. The van der Waals surface area contributed by atoms with Crippen molar-refractivity contribution in [2.45, 2.75) is 13.8 Å². The quantitative estimate of drug-likeness (QED) is 0.223. The summed E-state index contributed by atoms with van der Waals surface area (Å²) >= 11 is 1.90. The molecule has 6 aromatic carbocycles. The van der Waals surface area contributed by atoms with Crippen LogP contribution in [0.5, 0.6) is 0 Å². The fraction of sp³-hybridized carbons (Fsp3) is 0.0588. The van der Waals surface area contributed by atoms with E-state index in [0.717, 1.165) is 0 Å². The highest BCUT2D eigenvalue weighted by atomic mass is 32.1. The van der Waals surface area contributed by atoms with Crippen LogP contribution in [0.4, 0.5) is 0 Å². The Morgan fingerprint density at radius 1 is 0.457 bits per heavy atom. The molecule has 1 heteroatoms. The Morgan fingerprint density at radius 2 is 1.11 bits per heavy atom. The number of aryl methyl sites for hydroxylation is 2. The van der Waals surface area contributed by atoms with Gasteiger partial charge in [0.1, 0.15) is 0 Å². The Kier molecular flexibility index (Phi) is 4.55. The predicted octanol–water partition coefficient (Wildman–Crippen LogP) is 10.3. The largest absolute Gasteiger partial charge is 0.135 e. The summed E-state index contributed by atoms with van der Waals surface area (Å²) in [6.45, 7) is 4.38. The monoisotopic (exact) mass is 464 g/mol. The van der Waals surface area contributed by atoms with Crippen molar-refractivity contribution in [2.24, 2.45) is 0 Å². The molecule has 1 aromatic heterocycles. The topological polar surface area (TPSA) is 0 Å². The van der Waals surface area contributed by atoms with Crippen LogP contribution >= 0.6 is 11.3 Å². The maximum absolute atomic E-state index is 2.34. The van der Waals surface area contributed by atoms with Crippen LogP contribution in [-0.2, 0) is 0 Å². The first-order valence-corrected chi connectivity index (χ1v) is 12.9. The van der Waals surface area contributed by atoms with Gasteiger partial charge in [-0.25, -0.2) is 0 Å². The molecule has 7 rings (SSSR count). The van der Waals surface area contributed by atoms with Crippen LogP contribution in [0.1, 0.15) is 11.1 Å². The lowest BCUT2D eigenvalue weighted by Crippen LogP contribution is -1.86. The molecule has 0 aliphatic heterocycles. The van der Waals surface area contributed by atoms with E-state index in [1.54, 1.807) is 0 Å². The molecular formula is C34H24S. The first-order chi connectivity index (χ1) is 17.2. The zero-order chi connectivity index (χ0) is 23.5. The molecule has 0 fully saturated rings. The molecule has 0 aliphatic rings. The van der Waals surface area contributed by atoms with E-state index in [1.165, 1.54) is 75.1 Å². The van der Waals surface area contributed by atoms with Crippen LogP contribution in [0.2, 0.25) is 0 Å². The Bertz CT molecular complexity index is 1900. The molecule has 1 heterocycles. The van der Waals surface area contributed by atoms with Crippen LogP contribution in [0, 0.1) is 13.8 Å². The van der Waals surface area contributed by atoms with Crippen molar-refractivity contribution >= 4 is 53.1 Å². The third-order valence-corrected chi connectivity index (χ3v) is 8.37. The zero-order valence-electron chi connectivity index (χ0n) is 19.8. The summed E-state index contributed by atoms with van der Waals surface area (Å²) in [5, 5.41) is 7.95. The smallest absolute Gasteiger partial charge is 0.0434 e. The number of rotatable bonds is 2. The first-order valence-electron chi connectivity index (χ1n) is 12.1. The second kappa shape index (κ2) is 7.80. The number of thiophene rings is 1. The van der Waals surface area contributed by atoms with Crippen molar-refractivity contribution in [1.82, 2.24) is 0 Å². The minimum absolute atomic E-state index is 1.26. The summed E-state index contributed by atoms with van der Waals surface area (Å²) in [7, 11) is 0. The van der Waals surface area contributed by atoms with Gasteiger partial charge in [-0.1, -0.05) is 84.4 Å². The molecule has 0 bridgehead atoms. The molecule has 0 unspecified atom stereocenters. The molecule has 7 aromatic rings. The predicted molar refractivity (Wildman–Crippen MR) is 155 cm³/mol. The van der Waals surface area contributed by atoms with Crippen molar-refractivity contribution < 1.29 is 0 Å². The van der Waals surface area contributed by atoms with Gasteiger partial charge in [-0.2, -0.15) is 0 Å². The molecule has 0 amide bonds. The van der Waals surface area contributed by atoms with Crippen molar-refractivity contribution in [3.63, 3.8) is 0 Å². The number of benzene rings is 6. The average Bonchev–Trinajstić information content (AvgIpc) is 3.25. The fourth-order valence-electron chi connectivity index (χ4n) is 5.47. The third kappa shape index (κ3) is 3.27. The lowest BCUT2D eigenvalue weighted by atomic mass is 9.92. The minimum atomic E-state index is 1.26. The van der Waals surface area contributed by atoms with Crippen molar-refractivity contribution in [1.29, 1.82) is 0 Å². The zero-order valence-corrected chi connectivity index (χ0v) is 20.6. The van der Waals surface area contributed by atoms with E-state index in [2.05, 4.69) is 123 Å². The Morgan fingerprint density at radius 3 is 1.91 bits per heavy atom. The molecule has 0 saturated carbocycles. The van der Waals surface area contributed by atoms with Crippen LogP contribution < -0.4 is 0 Å². The van der Waals surface area contributed by atoms with Crippen LogP contribution in [0.25, 0.3) is 64.0 Å². The summed E-state index contributed by atoms with van der Waals surface area (Å²) in [4.78, 5) is 0. The van der Waals surface area contributed by atoms with E-state index in [-0.39, 0.29) is 0 Å². The molecule has 0 saturated heterocycles. The average molecular weight is 465 g/mol. The lowest BCUT2D eigenvalue weighted by molar-refractivity contribution is 1.50. The first kappa shape index (κ1) is 20.4. The number of hydrogen-bond donors (Lipinski definition) is 0. The van der Waals surface area contributed by atoms with Gasteiger partial charge in [0, 0.05) is 20.2 Å². The second-order valence-electron chi connectivity index (χ2n) is 9.56. The van der Waals surface area contributed by atoms with Crippen LogP contribution in [0.15, 0.2) is 109 Å². The molecule has 0 aliphatic carbocycles. The summed E-state index contributed by atoms with van der Waals surface area (Å²) < 4.78 is 2.73. The Balaban J connectivity index is 1.41. The summed E-state index contributed by atoms with van der Waals surface area (Å²) in [6, 6.07) is 40.4. The summed E-state index contributed by atoms with van der Waals surface area (Å²) in [5.41, 5.74) is 7.76. The Hall–Kier alpha value is -3.94. The van der Waals surface area contributed by atoms with Gasteiger partial charge in [0.05, 0.1) is 0 Å². The molecular weight excluding hydrogens is 440 g/mol. The molecule has 166 valence electrons. The van der Waals surface area contributed by atoms with Gasteiger partial charge in [0.25, 0.3) is 0 Å². The normalized spacial score (nSPS) is 11.7. The van der Waals surface area contributed by atoms with Gasteiger partial charge in [-0.15, -0.1) is 11.3 Å². The van der Waals surface area contributed by atoms with E-state index < -0.39 is 0 Å². The highest BCUT2D eigenvalue weighted by molar-refractivity contribution is 7.26. The van der Waals surface area contributed by atoms with Gasteiger partial charge >= 0.3 is 0 Å². The number of fused-ring (bicyclic) bond motifs is 6. The minimum Gasteiger partial charge on any atom is -0.135 e. The van der Waals surface area contributed by atoms with E-state index in [9.17, 15) is 0 Å². The van der Waals surface area contributed by atoms with Gasteiger partial charge in [0.15, 0.2) is 0 Å². The maximum atomic E-state index is 2.34. The van der Waals surface area contributed by atoms with Crippen LogP contribution in [0.3, 0.4) is 0 Å². The molecule has 0 nitrogen and oxygen atoms in total. The highest BCUT2D eigenvalue weighted by Gasteiger charge is 2.13. The van der Waals surface area contributed by atoms with Gasteiger partial charge in [-0.3, -0.25) is 0 Å². The van der Waals surface area contributed by atoms with Crippen molar-refractivity contribution in [3.05, 3.63) is 120 Å². The van der Waals surface area contributed by atoms with Crippen molar-refractivity contribution in [3.8, 4) is 22.3 Å². The molecule has 0 atom stereocenters. The highest BCUT2D eigenvalue weighted by Crippen LogP contribution is 2.42. The van der Waals surface area contributed by atoms with E-state index in [4.69, 9.17) is 0 Å². The summed E-state index contributed by atoms with van der Waals surface area (Å²) in [5.74, 6) is 0. The fourth-order valence-corrected chi connectivity index (χ4v) is 6.67. The Labute approximate surface area is 209 Å². The maximum Gasteiger partial charge on any atom is 0.0434 e.